The molecule has 0 unspecified atom stereocenters. The Kier molecular flexibility index (Phi) is 5.69. The number of likely N-dealkylation sites (tertiary alicyclic amines) is 1. The van der Waals surface area contributed by atoms with Gasteiger partial charge in [-0.1, -0.05) is 30.3 Å². The highest BCUT2D eigenvalue weighted by Crippen LogP contribution is 2.18. The van der Waals surface area contributed by atoms with Gasteiger partial charge in [-0.25, -0.2) is 4.79 Å². The van der Waals surface area contributed by atoms with Crippen molar-refractivity contribution in [2.45, 2.75) is 26.7 Å². The summed E-state index contributed by atoms with van der Waals surface area (Å²) in [6.45, 7) is 5.03. The normalized spacial score (nSPS) is 13.5. The van der Waals surface area contributed by atoms with Gasteiger partial charge in [0.25, 0.3) is 5.91 Å². The number of amides is 1. The van der Waals surface area contributed by atoms with Crippen molar-refractivity contribution in [3.8, 4) is 0 Å². The minimum Gasteiger partial charge on any atom is -0.452 e. The van der Waals surface area contributed by atoms with Crippen molar-refractivity contribution in [3.05, 3.63) is 70.3 Å². The summed E-state index contributed by atoms with van der Waals surface area (Å²) in [4.78, 5) is 39.2. The lowest BCUT2D eigenvalue weighted by Crippen LogP contribution is -2.32. The molecule has 3 rings (SSSR count). The third kappa shape index (κ3) is 4.25. The molecule has 27 heavy (non-hydrogen) atoms. The molecule has 140 valence electrons. The fourth-order valence-corrected chi connectivity index (χ4v) is 3.16. The molecular formula is C22H23NO4. The molecule has 0 aromatic heterocycles. The van der Waals surface area contributed by atoms with Gasteiger partial charge >= 0.3 is 5.97 Å². The van der Waals surface area contributed by atoms with E-state index in [1.54, 1.807) is 35.2 Å². The molecule has 1 saturated heterocycles. The molecule has 1 aliphatic rings. The van der Waals surface area contributed by atoms with Crippen LogP contribution in [-0.2, 0) is 9.53 Å². The topological polar surface area (TPSA) is 63.7 Å². The van der Waals surface area contributed by atoms with Gasteiger partial charge in [0, 0.05) is 24.2 Å². The van der Waals surface area contributed by atoms with Crippen LogP contribution in [0, 0.1) is 13.8 Å². The molecule has 1 aliphatic heterocycles. The predicted octanol–water partition coefficient (Wildman–Crippen LogP) is 3.31. The summed E-state index contributed by atoms with van der Waals surface area (Å²) < 4.78 is 5.19. The van der Waals surface area contributed by atoms with Crippen molar-refractivity contribution in [1.29, 1.82) is 0 Å². The summed E-state index contributed by atoms with van der Waals surface area (Å²) in [6, 6.07) is 12.0. The fraction of sp³-hybridized carbons (Fsp3) is 0.318. The largest absolute Gasteiger partial charge is 0.452 e. The molecular weight excluding hydrogens is 342 g/mol. The molecule has 1 fully saturated rings. The number of ether oxygens (including phenoxy) is 1. The first kappa shape index (κ1) is 18.8. The summed E-state index contributed by atoms with van der Waals surface area (Å²) in [5, 5.41) is 0. The first-order chi connectivity index (χ1) is 13.0. The number of aryl methyl sites for hydroxylation is 2. The van der Waals surface area contributed by atoms with E-state index in [2.05, 4.69) is 0 Å². The summed E-state index contributed by atoms with van der Waals surface area (Å²) in [7, 11) is 0. The number of hydrogen-bond acceptors (Lipinski definition) is 4. The Morgan fingerprint density at radius 3 is 2.26 bits per heavy atom. The minimum atomic E-state index is -0.657. The molecule has 0 aliphatic carbocycles. The Bertz CT molecular complexity index is 882. The Morgan fingerprint density at radius 2 is 1.59 bits per heavy atom. The highest BCUT2D eigenvalue weighted by molar-refractivity contribution is 6.14. The van der Waals surface area contributed by atoms with E-state index >= 15 is 0 Å². The van der Waals surface area contributed by atoms with Gasteiger partial charge in [-0.3, -0.25) is 9.59 Å². The Morgan fingerprint density at radius 1 is 0.926 bits per heavy atom. The number of benzene rings is 2. The van der Waals surface area contributed by atoms with Gasteiger partial charge in [0.15, 0.2) is 12.4 Å². The molecule has 0 bridgehead atoms. The van der Waals surface area contributed by atoms with Crippen LogP contribution in [0.4, 0.5) is 0 Å². The number of nitrogens with zero attached hydrogens (tertiary/aromatic N) is 1. The molecule has 2 aromatic carbocycles. The quantitative estimate of drug-likeness (QED) is 0.602. The first-order valence-electron chi connectivity index (χ1n) is 9.13. The van der Waals surface area contributed by atoms with E-state index in [9.17, 15) is 14.4 Å². The smallest absolute Gasteiger partial charge is 0.339 e. The fourth-order valence-electron chi connectivity index (χ4n) is 3.16. The molecule has 5 heteroatoms. The number of rotatable bonds is 5. The van der Waals surface area contributed by atoms with Crippen LogP contribution in [0.15, 0.2) is 42.5 Å². The molecule has 0 atom stereocenters. The number of ketones is 1. The van der Waals surface area contributed by atoms with Crippen LogP contribution in [0.25, 0.3) is 0 Å². The second kappa shape index (κ2) is 8.16. The van der Waals surface area contributed by atoms with E-state index in [1.165, 1.54) is 0 Å². The van der Waals surface area contributed by atoms with Crippen molar-refractivity contribution in [2.24, 2.45) is 0 Å². The number of carbonyl (C=O) groups excluding carboxylic acids is 3. The van der Waals surface area contributed by atoms with Gasteiger partial charge in [-0.2, -0.15) is 0 Å². The average molecular weight is 365 g/mol. The van der Waals surface area contributed by atoms with Crippen LogP contribution in [0.1, 0.15) is 50.2 Å². The zero-order chi connectivity index (χ0) is 19.4. The molecule has 0 N–H and O–H groups in total. The Labute approximate surface area is 158 Å². The maximum Gasteiger partial charge on any atom is 0.339 e. The summed E-state index contributed by atoms with van der Waals surface area (Å²) in [5.74, 6) is -1.09. The van der Waals surface area contributed by atoms with Crippen LogP contribution >= 0.6 is 0 Å². The van der Waals surface area contributed by atoms with Crippen LogP contribution < -0.4 is 0 Å². The molecule has 1 amide bonds. The van der Waals surface area contributed by atoms with Crippen LogP contribution in [-0.4, -0.2) is 42.3 Å². The summed E-state index contributed by atoms with van der Waals surface area (Å²) in [5.41, 5.74) is 3.08. The van der Waals surface area contributed by atoms with Crippen molar-refractivity contribution >= 4 is 17.7 Å². The van der Waals surface area contributed by atoms with Crippen molar-refractivity contribution in [3.63, 3.8) is 0 Å². The van der Waals surface area contributed by atoms with E-state index in [-0.39, 0.29) is 29.4 Å². The lowest BCUT2D eigenvalue weighted by molar-refractivity contribution is -0.133. The van der Waals surface area contributed by atoms with E-state index < -0.39 is 5.97 Å². The van der Waals surface area contributed by atoms with E-state index in [1.807, 2.05) is 26.0 Å². The Hall–Kier alpha value is -2.95. The van der Waals surface area contributed by atoms with Crippen LogP contribution in [0.3, 0.4) is 0 Å². The lowest BCUT2D eigenvalue weighted by atomic mass is 9.96. The lowest BCUT2D eigenvalue weighted by Gasteiger charge is -2.15. The standard InChI is InChI=1S/C22H23NO4/c1-15-9-10-17(13-16(15)2)21(25)18-7-3-4-8-19(18)22(26)27-14-20(24)23-11-5-6-12-23/h3-4,7-10,13H,5-6,11-12,14H2,1-2H3. The highest BCUT2D eigenvalue weighted by atomic mass is 16.5. The van der Waals surface area contributed by atoms with Crippen molar-refractivity contribution in [1.82, 2.24) is 4.90 Å². The SMILES string of the molecule is Cc1ccc(C(=O)c2ccccc2C(=O)OCC(=O)N2CCCC2)cc1C. The highest BCUT2D eigenvalue weighted by Gasteiger charge is 2.22. The van der Waals surface area contributed by atoms with Crippen molar-refractivity contribution in [2.75, 3.05) is 19.7 Å². The van der Waals surface area contributed by atoms with Crippen LogP contribution in [0.5, 0.6) is 0 Å². The molecule has 0 saturated carbocycles. The van der Waals surface area contributed by atoms with E-state index in [0.29, 0.717) is 18.7 Å². The van der Waals surface area contributed by atoms with Gasteiger partial charge in [0.1, 0.15) is 0 Å². The summed E-state index contributed by atoms with van der Waals surface area (Å²) in [6.07, 6.45) is 1.96. The van der Waals surface area contributed by atoms with Gasteiger partial charge in [-0.05, 0) is 49.9 Å². The number of carbonyl (C=O) groups is 3. The first-order valence-corrected chi connectivity index (χ1v) is 9.13. The summed E-state index contributed by atoms with van der Waals surface area (Å²) >= 11 is 0. The third-order valence-electron chi connectivity index (χ3n) is 4.95. The Balaban J connectivity index is 1.76. The predicted molar refractivity (Wildman–Crippen MR) is 102 cm³/mol. The molecule has 0 radical (unpaired) electrons. The second-order valence-corrected chi connectivity index (χ2v) is 6.84. The van der Waals surface area contributed by atoms with Gasteiger partial charge < -0.3 is 9.64 Å². The average Bonchev–Trinajstić information content (AvgIpc) is 3.22. The van der Waals surface area contributed by atoms with E-state index in [0.717, 1.165) is 24.0 Å². The second-order valence-electron chi connectivity index (χ2n) is 6.84. The number of hydrogen-bond donors (Lipinski definition) is 0. The van der Waals surface area contributed by atoms with Gasteiger partial charge in [0.2, 0.25) is 0 Å². The molecule has 1 heterocycles. The maximum absolute atomic E-state index is 12.9. The van der Waals surface area contributed by atoms with Crippen LogP contribution in [0.2, 0.25) is 0 Å². The van der Waals surface area contributed by atoms with E-state index in [4.69, 9.17) is 4.74 Å². The van der Waals surface area contributed by atoms with Gasteiger partial charge in [0.05, 0.1) is 5.56 Å². The molecule has 5 nitrogen and oxygen atoms in total. The van der Waals surface area contributed by atoms with Gasteiger partial charge in [-0.15, -0.1) is 0 Å². The number of esters is 1. The van der Waals surface area contributed by atoms with Crippen molar-refractivity contribution < 1.29 is 19.1 Å². The zero-order valence-corrected chi connectivity index (χ0v) is 15.7. The monoisotopic (exact) mass is 365 g/mol. The molecule has 0 spiro atoms. The third-order valence-corrected chi connectivity index (χ3v) is 4.95. The molecule has 2 aromatic rings. The minimum absolute atomic E-state index is 0.176. The zero-order valence-electron chi connectivity index (χ0n) is 15.7. The maximum atomic E-state index is 12.9.